The maximum atomic E-state index is 4.44. The molecule has 0 unspecified atom stereocenters. The molecule has 0 bridgehead atoms. The van der Waals surface area contributed by atoms with Crippen LogP contribution in [-0.2, 0) is 6.42 Å². The second-order valence-corrected chi connectivity index (χ2v) is 5.06. The van der Waals surface area contributed by atoms with Crippen molar-refractivity contribution in [3.63, 3.8) is 0 Å². The van der Waals surface area contributed by atoms with Gasteiger partial charge in [0.2, 0.25) is 0 Å². The average Bonchev–Trinajstić information content (AvgIpc) is 2.53. The fraction of sp³-hybridized carbons (Fsp3) is 0.263. The van der Waals surface area contributed by atoms with Crippen molar-refractivity contribution in [3.05, 3.63) is 66.5 Å². The largest absolute Gasteiger partial charge is 0.236 e. The summed E-state index contributed by atoms with van der Waals surface area (Å²) in [5.41, 5.74) is 3.45. The topological polar surface area (TPSA) is 25.8 Å². The predicted molar refractivity (Wildman–Crippen MR) is 89.9 cm³/mol. The van der Waals surface area contributed by atoms with Crippen molar-refractivity contribution in [2.45, 2.75) is 32.6 Å². The van der Waals surface area contributed by atoms with Crippen LogP contribution in [0.4, 0.5) is 0 Å². The lowest BCUT2D eigenvalue weighted by atomic mass is 10.1. The van der Waals surface area contributed by atoms with Crippen LogP contribution in [-0.4, -0.2) is 9.97 Å². The quantitative estimate of drug-likeness (QED) is 0.521. The molecule has 2 nitrogen and oxygen atoms in total. The van der Waals surface area contributed by atoms with Crippen molar-refractivity contribution in [3.8, 4) is 11.4 Å². The van der Waals surface area contributed by atoms with Crippen molar-refractivity contribution < 1.29 is 0 Å². The van der Waals surface area contributed by atoms with Crippen molar-refractivity contribution in [1.29, 1.82) is 0 Å². The summed E-state index contributed by atoms with van der Waals surface area (Å²) in [5, 5.41) is 0. The zero-order chi connectivity index (χ0) is 14.9. The summed E-state index contributed by atoms with van der Waals surface area (Å²) in [6, 6.07) is 8.34. The highest BCUT2D eigenvalue weighted by Gasteiger charge is 2.01. The number of aryl methyl sites for hydroxylation is 1. The summed E-state index contributed by atoms with van der Waals surface area (Å²) >= 11 is 0. The Balaban J connectivity index is 2.04. The number of rotatable bonds is 7. The number of aromatic nitrogens is 2. The Kier molecular flexibility index (Phi) is 5.89. The molecule has 0 spiro atoms. The van der Waals surface area contributed by atoms with Crippen molar-refractivity contribution in [2.75, 3.05) is 0 Å². The third-order valence-corrected chi connectivity index (χ3v) is 3.26. The third-order valence-electron chi connectivity index (χ3n) is 3.26. The van der Waals surface area contributed by atoms with Crippen LogP contribution in [0.5, 0.6) is 0 Å². The summed E-state index contributed by atoms with van der Waals surface area (Å²) in [6.45, 7) is 5.88. The molecular formula is C19H22N2. The van der Waals surface area contributed by atoms with E-state index in [1.165, 1.54) is 11.1 Å². The maximum absolute atomic E-state index is 4.44. The molecule has 21 heavy (non-hydrogen) atoms. The molecule has 108 valence electrons. The molecule has 1 heterocycles. The van der Waals surface area contributed by atoms with Gasteiger partial charge in [0.25, 0.3) is 0 Å². The Morgan fingerprint density at radius 2 is 1.76 bits per heavy atom. The zero-order valence-corrected chi connectivity index (χ0v) is 12.6. The maximum Gasteiger partial charge on any atom is 0.159 e. The van der Waals surface area contributed by atoms with Crippen LogP contribution in [0, 0.1) is 0 Å². The number of nitrogens with zero attached hydrogens (tertiary/aromatic N) is 2. The highest BCUT2D eigenvalue weighted by molar-refractivity contribution is 5.59. The molecular weight excluding hydrogens is 256 g/mol. The van der Waals surface area contributed by atoms with E-state index < -0.39 is 0 Å². The Bertz CT molecular complexity index is 580. The normalized spacial score (nSPS) is 10.9. The molecule has 0 N–H and O–H groups in total. The van der Waals surface area contributed by atoms with Crippen LogP contribution < -0.4 is 0 Å². The van der Waals surface area contributed by atoms with Crippen LogP contribution in [0.1, 0.15) is 37.3 Å². The van der Waals surface area contributed by atoms with E-state index in [0.29, 0.717) is 0 Å². The first-order chi connectivity index (χ1) is 10.3. The number of hydrogen-bond donors (Lipinski definition) is 0. The fourth-order valence-electron chi connectivity index (χ4n) is 2.10. The van der Waals surface area contributed by atoms with Crippen LogP contribution >= 0.6 is 0 Å². The first-order valence-electron chi connectivity index (χ1n) is 7.52. The molecule has 2 heteroatoms. The van der Waals surface area contributed by atoms with E-state index in [9.17, 15) is 0 Å². The lowest BCUT2D eigenvalue weighted by Gasteiger charge is -2.02. The lowest BCUT2D eigenvalue weighted by Crippen LogP contribution is -1.92. The molecule has 2 aromatic rings. The molecule has 2 rings (SSSR count). The van der Waals surface area contributed by atoms with Gasteiger partial charge in [0.05, 0.1) is 0 Å². The smallest absolute Gasteiger partial charge is 0.159 e. The van der Waals surface area contributed by atoms with Gasteiger partial charge in [-0.05, 0) is 30.4 Å². The number of allylic oxidation sites excluding steroid dienone is 2. The SMILES string of the molecule is C=CCC/C=C/c1ccc(-c2ncc(CCC)cn2)cc1. The van der Waals surface area contributed by atoms with Gasteiger partial charge >= 0.3 is 0 Å². The van der Waals surface area contributed by atoms with Gasteiger partial charge in [0, 0.05) is 18.0 Å². The highest BCUT2D eigenvalue weighted by atomic mass is 14.9. The minimum atomic E-state index is 0.789. The summed E-state index contributed by atoms with van der Waals surface area (Å²) in [5.74, 6) is 0.789. The lowest BCUT2D eigenvalue weighted by molar-refractivity contribution is 0.902. The summed E-state index contributed by atoms with van der Waals surface area (Å²) in [7, 11) is 0. The number of unbranched alkanes of at least 4 members (excludes halogenated alkanes) is 1. The molecule has 1 aromatic heterocycles. The standard InChI is InChI=1S/C19H22N2/c1-3-5-6-7-9-16-10-12-18(13-11-16)19-20-14-17(8-4-2)15-21-19/h3,7,9-15H,1,4-6,8H2,2H3/b9-7+. The Morgan fingerprint density at radius 1 is 1.05 bits per heavy atom. The first-order valence-corrected chi connectivity index (χ1v) is 7.52. The van der Waals surface area contributed by atoms with Gasteiger partial charge in [-0.2, -0.15) is 0 Å². The minimum absolute atomic E-state index is 0.789. The minimum Gasteiger partial charge on any atom is -0.236 e. The van der Waals surface area contributed by atoms with Crippen LogP contribution in [0.25, 0.3) is 17.5 Å². The Hall–Kier alpha value is -2.22. The first kappa shape index (κ1) is 15.2. The monoisotopic (exact) mass is 278 g/mol. The zero-order valence-electron chi connectivity index (χ0n) is 12.6. The third kappa shape index (κ3) is 4.67. The van der Waals surface area contributed by atoms with E-state index in [-0.39, 0.29) is 0 Å². The molecule has 0 amide bonds. The van der Waals surface area contributed by atoms with Gasteiger partial charge in [-0.1, -0.05) is 55.8 Å². The molecule has 0 atom stereocenters. The molecule has 0 aliphatic rings. The number of hydrogen-bond acceptors (Lipinski definition) is 2. The van der Waals surface area contributed by atoms with Crippen molar-refractivity contribution in [2.24, 2.45) is 0 Å². The average molecular weight is 278 g/mol. The van der Waals surface area contributed by atoms with Crippen molar-refractivity contribution >= 4 is 6.08 Å². The Morgan fingerprint density at radius 3 is 2.38 bits per heavy atom. The molecule has 1 aromatic carbocycles. The van der Waals surface area contributed by atoms with Crippen LogP contribution in [0.3, 0.4) is 0 Å². The predicted octanol–water partition coefficient (Wildman–Crippen LogP) is 5.08. The van der Waals surface area contributed by atoms with Crippen LogP contribution in [0.2, 0.25) is 0 Å². The van der Waals surface area contributed by atoms with Gasteiger partial charge in [0.15, 0.2) is 5.82 Å². The molecule has 0 aliphatic heterocycles. The van der Waals surface area contributed by atoms with Gasteiger partial charge < -0.3 is 0 Å². The van der Waals surface area contributed by atoms with Gasteiger partial charge in [-0.15, -0.1) is 6.58 Å². The number of benzene rings is 1. The van der Waals surface area contributed by atoms with Gasteiger partial charge in [-0.25, -0.2) is 9.97 Å². The molecule has 0 saturated heterocycles. The summed E-state index contributed by atoms with van der Waals surface area (Å²) in [6.07, 6.45) is 14.3. The molecule has 0 saturated carbocycles. The van der Waals surface area contributed by atoms with Crippen molar-refractivity contribution in [1.82, 2.24) is 9.97 Å². The second kappa shape index (κ2) is 8.15. The second-order valence-electron chi connectivity index (χ2n) is 5.06. The summed E-state index contributed by atoms with van der Waals surface area (Å²) < 4.78 is 0. The van der Waals surface area contributed by atoms with Crippen LogP contribution in [0.15, 0.2) is 55.4 Å². The van der Waals surface area contributed by atoms with E-state index in [1.54, 1.807) is 0 Å². The van der Waals surface area contributed by atoms with Gasteiger partial charge in [-0.3, -0.25) is 0 Å². The van der Waals surface area contributed by atoms with E-state index in [2.05, 4.69) is 59.9 Å². The summed E-state index contributed by atoms with van der Waals surface area (Å²) in [4.78, 5) is 8.89. The molecule has 0 fully saturated rings. The fourth-order valence-corrected chi connectivity index (χ4v) is 2.10. The van der Waals surface area contributed by atoms with Gasteiger partial charge in [0.1, 0.15) is 0 Å². The van der Waals surface area contributed by atoms with E-state index in [4.69, 9.17) is 0 Å². The molecule has 0 radical (unpaired) electrons. The van der Waals surface area contributed by atoms with E-state index >= 15 is 0 Å². The Labute approximate surface area is 127 Å². The van der Waals surface area contributed by atoms with E-state index in [0.717, 1.165) is 37.1 Å². The molecule has 0 aliphatic carbocycles. The van der Waals surface area contributed by atoms with E-state index in [1.807, 2.05) is 18.5 Å². The highest BCUT2D eigenvalue weighted by Crippen LogP contribution is 2.16.